The SMILES string of the molecule is CCc1ccc(N=c2scc(-c3cccs3)n2C(C)COC)cc1. The quantitative estimate of drug-likeness (QED) is 0.589. The topological polar surface area (TPSA) is 26.5 Å². The molecule has 0 aliphatic heterocycles. The molecule has 0 fully saturated rings. The fourth-order valence-electron chi connectivity index (χ4n) is 2.66. The van der Waals surface area contributed by atoms with Crippen LogP contribution >= 0.6 is 22.7 Å². The van der Waals surface area contributed by atoms with Gasteiger partial charge in [-0.1, -0.05) is 25.1 Å². The van der Waals surface area contributed by atoms with E-state index in [0.29, 0.717) is 6.61 Å². The number of hydrogen-bond donors (Lipinski definition) is 0. The lowest BCUT2D eigenvalue weighted by Crippen LogP contribution is -2.22. The van der Waals surface area contributed by atoms with E-state index in [0.717, 1.165) is 16.9 Å². The molecule has 1 unspecified atom stereocenters. The lowest BCUT2D eigenvalue weighted by atomic mass is 10.2. The maximum Gasteiger partial charge on any atom is 0.190 e. The van der Waals surface area contributed by atoms with Crippen LogP contribution in [0.5, 0.6) is 0 Å². The molecular formula is C19H22N2OS2. The molecule has 5 heteroatoms. The molecule has 0 saturated heterocycles. The summed E-state index contributed by atoms with van der Waals surface area (Å²) < 4.78 is 7.67. The fourth-order valence-corrected chi connectivity index (χ4v) is 4.49. The van der Waals surface area contributed by atoms with Gasteiger partial charge in [0.15, 0.2) is 4.80 Å². The molecule has 3 nitrogen and oxygen atoms in total. The van der Waals surface area contributed by atoms with Crippen molar-refractivity contribution in [3.05, 3.63) is 57.5 Å². The van der Waals surface area contributed by atoms with Gasteiger partial charge < -0.3 is 9.30 Å². The zero-order valence-electron chi connectivity index (χ0n) is 14.2. The van der Waals surface area contributed by atoms with Crippen LogP contribution < -0.4 is 4.80 Å². The minimum atomic E-state index is 0.229. The Balaban J connectivity index is 2.07. The van der Waals surface area contributed by atoms with E-state index in [9.17, 15) is 0 Å². The van der Waals surface area contributed by atoms with E-state index in [1.165, 1.54) is 16.1 Å². The summed E-state index contributed by atoms with van der Waals surface area (Å²) in [5.74, 6) is 0. The maximum atomic E-state index is 5.38. The van der Waals surface area contributed by atoms with Gasteiger partial charge in [-0.2, -0.15) is 0 Å². The molecule has 24 heavy (non-hydrogen) atoms. The summed E-state index contributed by atoms with van der Waals surface area (Å²) in [5, 5.41) is 4.30. The first kappa shape index (κ1) is 17.1. The zero-order valence-corrected chi connectivity index (χ0v) is 15.9. The first-order valence-corrected chi connectivity index (χ1v) is 9.85. The molecule has 0 spiro atoms. The smallest absolute Gasteiger partial charge is 0.190 e. The van der Waals surface area contributed by atoms with Gasteiger partial charge in [0.2, 0.25) is 0 Å². The second-order valence-corrected chi connectivity index (χ2v) is 7.47. The molecule has 0 aliphatic carbocycles. The molecule has 0 radical (unpaired) electrons. The molecule has 2 aromatic heterocycles. The second-order valence-electron chi connectivity index (χ2n) is 5.69. The number of thiophene rings is 1. The third kappa shape index (κ3) is 3.69. The lowest BCUT2D eigenvalue weighted by Gasteiger charge is -2.15. The van der Waals surface area contributed by atoms with Gasteiger partial charge in [-0.25, -0.2) is 4.99 Å². The first-order valence-electron chi connectivity index (χ1n) is 8.09. The summed E-state index contributed by atoms with van der Waals surface area (Å²) in [4.78, 5) is 7.15. The van der Waals surface area contributed by atoms with Gasteiger partial charge >= 0.3 is 0 Å². The first-order chi connectivity index (χ1) is 11.7. The molecule has 2 heterocycles. The van der Waals surface area contributed by atoms with Crippen molar-refractivity contribution in [3.8, 4) is 10.6 Å². The summed E-state index contributed by atoms with van der Waals surface area (Å²) >= 11 is 3.43. The van der Waals surface area contributed by atoms with Gasteiger partial charge in [0.1, 0.15) is 0 Å². The van der Waals surface area contributed by atoms with E-state index >= 15 is 0 Å². The van der Waals surface area contributed by atoms with Crippen LogP contribution in [0.15, 0.2) is 52.2 Å². The Morgan fingerprint density at radius 2 is 1.96 bits per heavy atom. The predicted octanol–water partition coefficient (Wildman–Crippen LogP) is 5.28. The Morgan fingerprint density at radius 3 is 2.58 bits per heavy atom. The summed E-state index contributed by atoms with van der Waals surface area (Å²) in [6.45, 7) is 5.00. The molecule has 1 atom stereocenters. The highest BCUT2D eigenvalue weighted by Crippen LogP contribution is 2.28. The van der Waals surface area contributed by atoms with Crippen molar-refractivity contribution >= 4 is 28.4 Å². The molecule has 0 aliphatic rings. The molecule has 0 saturated carbocycles. The Labute approximate surface area is 150 Å². The third-order valence-corrected chi connectivity index (χ3v) is 5.67. The van der Waals surface area contributed by atoms with Crippen molar-refractivity contribution in [3.63, 3.8) is 0 Å². The van der Waals surface area contributed by atoms with E-state index in [1.54, 1.807) is 29.8 Å². The number of ether oxygens (including phenoxy) is 1. The minimum absolute atomic E-state index is 0.229. The monoisotopic (exact) mass is 358 g/mol. The molecular weight excluding hydrogens is 336 g/mol. The number of aromatic nitrogens is 1. The van der Waals surface area contributed by atoms with Crippen LogP contribution in [0.3, 0.4) is 0 Å². The largest absolute Gasteiger partial charge is 0.383 e. The van der Waals surface area contributed by atoms with Crippen LogP contribution in [0.2, 0.25) is 0 Å². The van der Waals surface area contributed by atoms with Crippen molar-refractivity contribution in [1.29, 1.82) is 0 Å². The van der Waals surface area contributed by atoms with Crippen molar-refractivity contribution in [2.24, 2.45) is 4.99 Å². The maximum absolute atomic E-state index is 5.38. The van der Waals surface area contributed by atoms with Crippen molar-refractivity contribution in [2.45, 2.75) is 26.3 Å². The number of rotatable bonds is 6. The predicted molar refractivity (Wildman–Crippen MR) is 103 cm³/mol. The molecule has 1 aromatic carbocycles. The second kappa shape index (κ2) is 7.92. The van der Waals surface area contributed by atoms with Crippen LogP contribution in [0.4, 0.5) is 5.69 Å². The molecule has 3 aromatic rings. The standard InChI is InChI=1S/C19H22N2OS2/c1-4-15-7-9-16(10-8-15)20-19-21(14(2)12-22-3)17(13-24-19)18-6-5-11-23-18/h5-11,13-14H,4,12H2,1-3H3. The molecule has 0 N–H and O–H groups in total. The minimum Gasteiger partial charge on any atom is -0.383 e. The number of nitrogens with zero attached hydrogens (tertiary/aromatic N) is 2. The van der Waals surface area contributed by atoms with E-state index < -0.39 is 0 Å². The van der Waals surface area contributed by atoms with Crippen LogP contribution in [-0.2, 0) is 11.2 Å². The van der Waals surface area contributed by atoms with Gasteiger partial charge in [-0.3, -0.25) is 0 Å². The number of methoxy groups -OCH3 is 1. The summed E-state index contributed by atoms with van der Waals surface area (Å²) in [6.07, 6.45) is 1.05. The van der Waals surface area contributed by atoms with E-state index in [-0.39, 0.29) is 6.04 Å². The summed E-state index contributed by atoms with van der Waals surface area (Å²) in [5.41, 5.74) is 3.54. The highest BCUT2D eigenvalue weighted by Gasteiger charge is 2.14. The van der Waals surface area contributed by atoms with Crippen LogP contribution in [0.25, 0.3) is 10.6 Å². The molecule has 3 rings (SSSR count). The molecule has 126 valence electrons. The van der Waals surface area contributed by atoms with Crippen molar-refractivity contribution in [1.82, 2.24) is 4.57 Å². The van der Waals surface area contributed by atoms with E-state index in [1.807, 2.05) is 0 Å². The fraction of sp³-hybridized carbons (Fsp3) is 0.316. The lowest BCUT2D eigenvalue weighted by molar-refractivity contribution is 0.162. The Hall–Kier alpha value is -1.69. The average Bonchev–Trinajstić information content (AvgIpc) is 3.25. The molecule has 0 amide bonds. The number of thiazole rings is 1. The third-order valence-electron chi connectivity index (χ3n) is 3.93. The van der Waals surface area contributed by atoms with Gasteiger partial charge in [-0.15, -0.1) is 22.7 Å². The van der Waals surface area contributed by atoms with Gasteiger partial charge in [-0.05, 0) is 42.5 Å². The van der Waals surface area contributed by atoms with Crippen LogP contribution in [-0.4, -0.2) is 18.3 Å². The highest BCUT2D eigenvalue weighted by atomic mass is 32.1. The number of aryl methyl sites for hydroxylation is 1. The average molecular weight is 359 g/mol. The van der Waals surface area contributed by atoms with E-state index in [4.69, 9.17) is 9.73 Å². The molecule has 0 bridgehead atoms. The Bertz CT molecular complexity index is 829. The highest BCUT2D eigenvalue weighted by molar-refractivity contribution is 7.14. The summed E-state index contributed by atoms with van der Waals surface area (Å²) in [7, 11) is 1.74. The van der Waals surface area contributed by atoms with Crippen molar-refractivity contribution in [2.75, 3.05) is 13.7 Å². The van der Waals surface area contributed by atoms with Crippen molar-refractivity contribution < 1.29 is 4.74 Å². The van der Waals surface area contributed by atoms with Crippen LogP contribution in [0, 0.1) is 0 Å². The van der Waals surface area contributed by atoms with Gasteiger partial charge in [0.25, 0.3) is 0 Å². The Morgan fingerprint density at radius 1 is 1.17 bits per heavy atom. The number of benzene rings is 1. The normalized spacial score (nSPS) is 13.4. The van der Waals surface area contributed by atoms with Gasteiger partial charge in [0.05, 0.1) is 28.9 Å². The zero-order chi connectivity index (χ0) is 16.9. The van der Waals surface area contributed by atoms with Crippen LogP contribution in [0.1, 0.15) is 25.5 Å². The van der Waals surface area contributed by atoms with E-state index in [2.05, 4.69) is 65.6 Å². The Kier molecular flexibility index (Phi) is 5.66. The summed E-state index contributed by atoms with van der Waals surface area (Å²) in [6, 6.07) is 13.0. The van der Waals surface area contributed by atoms with Gasteiger partial charge in [0, 0.05) is 12.5 Å². The number of hydrogen-bond acceptors (Lipinski definition) is 4.